The number of nitrogens with zero attached hydrogens (tertiary/aromatic N) is 4. The largest absolute Gasteiger partial charge is 0.396 e. The third kappa shape index (κ3) is 5.33. The Hall–Kier alpha value is -2.80. The molecule has 0 atom stereocenters. The SMILES string of the molecule is C/C(=C(\CCO)C1(Cc2cccc(C#N)c2)SC=CS1)N(C=O)Cc1cnc(C)nc1N. The van der Waals surface area contributed by atoms with Gasteiger partial charge in [-0.3, -0.25) is 4.79 Å². The molecule has 166 valence electrons. The summed E-state index contributed by atoms with van der Waals surface area (Å²) in [5.41, 5.74) is 10.0. The van der Waals surface area contributed by atoms with Crippen molar-refractivity contribution < 1.29 is 9.90 Å². The van der Waals surface area contributed by atoms with E-state index in [9.17, 15) is 15.2 Å². The molecule has 1 aliphatic rings. The highest BCUT2D eigenvalue weighted by molar-refractivity contribution is 8.23. The smallest absolute Gasteiger partial charge is 0.214 e. The lowest BCUT2D eigenvalue weighted by atomic mass is 9.98. The van der Waals surface area contributed by atoms with Gasteiger partial charge in [0.15, 0.2) is 0 Å². The summed E-state index contributed by atoms with van der Waals surface area (Å²) in [6, 6.07) is 9.72. The van der Waals surface area contributed by atoms with Crippen LogP contribution >= 0.6 is 23.5 Å². The Morgan fingerprint density at radius 1 is 1.38 bits per heavy atom. The predicted octanol–water partition coefficient (Wildman–Crippen LogP) is 3.74. The van der Waals surface area contributed by atoms with E-state index in [2.05, 4.69) is 16.0 Å². The number of benzene rings is 1. The van der Waals surface area contributed by atoms with E-state index in [0.29, 0.717) is 35.6 Å². The molecule has 1 aromatic carbocycles. The number of aryl methyl sites for hydroxylation is 1. The zero-order valence-electron chi connectivity index (χ0n) is 18.0. The number of aliphatic hydroxyl groups excluding tert-OH is 1. The van der Waals surface area contributed by atoms with E-state index in [1.165, 1.54) is 0 Å². The molecule has 0 aliphatic carbocycles. The quantitative estimate of drug-likeness (QED) is 0.536. The van der Waals surface area contributed by atoms with E-state index >= 15 is 0 Å². The highest BCUT2D eigenvalue weighted by atomic mass is 32.2. The monoisotopic (exact) mass is 467 g/mol. The van der Waals surface area contributed by atoms with Crippen molar-refractivity contribution in [2.24, 2.45) is 0 Å². The molecule has 1 aliphatic heterocycles. The number of thioether (sulfide) groups is 2. The number of nitriles is 1. The first-order chi connectivity index (χ1) is 15.4. The lowest BCUT2D eigenvalue weighted by molar-refractivity contribution is -0.117. The molecule has 1 amide bonds. The molecule has 2 aromatic rings. The Morgan fingerprint density at radius 2 is 2.12 bits per heavy atom. The summed E-state index contributed by atoms with van der Waals surface area (Å²) in [5.74, 6) is 0.913. The van der Waals surface area contributed by atoms with Crippen molar-refractivity contribution >= 4 is 35.8 Å². The number of nitrogen functional groups attached to an aromatic ring is 1. The van der Waals surface area contributed by atoms with Crippen molar-refractivity contribution in [2.45, 2.75) is 37.3 Å². The fraction of sp³-hybridized carbons (Fsp3) is 0.304. The molecule has 9 heteroatoms. The minimum Gasteiger partial charge on any atom is -0.396 e. The zero-order valence-corrected chi connectivity index (χ0v) is 19.6. The number of hydrogen-bond donors (Lipinski definition) is 2. The van der Waals surface area contributed by atoms with Crippen LogP contribution < -0.4 is 5.73 Å². The van der Waals surface area contributed by atoms with Crippen LogP contribution in [-0.2, 0) is 17.8 Å². The lowest BCUT2D eigenvalue weighted by Gasteiger charge is -2.34. The second kappa shape index (κ2) is 10.7. The summed E-state index contributed by atoms with van der Waals surface area (Å²) >= 11 is 3.30. The van der Waals surface area contributed by atoms with Crippen molar-refractivity contribution in [1.29, 1.82) is 5.26 Å². The molecule has 0 spiro atoms. The van der Waals surface area contributed by atoms with Crippen molar-refractivity contribution in [3.63, 3.8) is 0 Å². The Balaban J connectivity index is 2.00. The molecule has 2 heterocycles. The van der Waals surface area contributed by atoms with E-state index < -0.39 is 4.08 Å². The summed E-state index contributed by atoms with van der Waals surface area (Å²) in [6.07, 6.45) is 3.46. The van der Waals surface area contributed by atoms with Crippen LogP contribution in [0, 0.1) is 18.3 Å². The topological polar surface area (TPSA) is 116 Å². The van der Waals surface area contributed by atoms with Crippen LogP contribution in [0.25, 0.3) is 0 Å². The van der Waals surface area contributed by atoms with Crippen LogP contribution in [-0.4, -0.2) is 37.1 Å². The Morgan fingerprint density at radius 3 is 2.75 bits per heavy atom. The predicted molar refractivity (Wildman–Crippen MR) is 129 cm³/mol. The van der Waals surface area contributed by atoms with Crippen molar-refractivity contribution in [1.82, 2.24) is 14.9 Å². The standard InChI is InChI=1S/C23H25N5O2S2/c1-16(28(15-30)14-20-13-26-17(2)27-22(20)25)21(6-7-29)23(31-8-9-32-23)11-18-4-3-5-19(10-18)12-24/h3-5,8-10,13,15,29H,6-7,11,14H2,1-2H3,(H2,25,26,27)/b21-16-. The van der Waals surface area contributed by atoms with Gasteiger partial charge in [0.2, 0.25) is 6.41 Å². The summed E-state index contributed by atoms with van der Waals surface area (Å²) in [6.45, 7) is 3.83. The molecule has 1 aromatic heterocycles. The van der Waals surface area contributed by atoms with Gasteiger partial charge in [0, 0.05) is 30.5 Å². The number of aliphatic hydroxyl groups is 1. The molecule has 0 saturated heterocycles. The van der Waals surface area contributed by atoms with Crippen LogP contribution in [0.15, 0.2) is 52.5 Å². The molecule has 3 rings (SSSR count). The number of rotatable bonds is 9. The maximum Gasteiger partial charge on any atom is 0.214 e. The first kappa shape index (κ1) is 23.9. The third-order valence-corrected chi connectivity index (χ3v) is 8.08. The van der Waals surface area contributed by atoms with Crippen LogP contribution in [0.3, 0.4) is 0 Å². The number of carbonyl (C=O) groups excluding carboxylic acids is 1. The first-order valence-corrected chi connectivity index (χ1v) is 11.8. The van der Waals surface area contributed by atoms with E-state index in [0.717, 1.165) is 23.2 Å². The van der Waals surface area contributed by atoms with E-state index in [1.807, 2.05) is 35.9 Å². The molecule has 0 radical (unpaired) electrons. The fourth-order valence-corrected chi connectivity index (χ4v) is 6.36. The Bertz CT molecular complexity index is 1090. The van der Waals surface area contributed by atoms with Gasteiger partial charge in [-0.1, -0.05) is 12.1 Å². The van der Waals surface area contributed by atoms with Gasteiger partial charge in [-0.25, -0.2) is 9.97 Å². The van der Waals surface area contributed by atoms with Crippen molar-refractivity contribution in [3.05, 3.63) is 75.1 Å². The van der Waals surface area contributed by atoms with Gasteiger partial charge in [0.25, 0.3) is 0 Å². The lowest BCUT2D eigenvalue weighted by Crippen LogP contribution is -2.31. The Kier molecular flexibility index (Phi) is 7.96. The number of nitrogens with two attached hydrogens (primary N) is 1. The van der Waals surface area contributed by atoms with Crippen molar-refractivity contribution in [3.8, 4) is 6.07 Å². The first-order valence-electron chi connectivity index (χ1n) is 10.0. The zero-order chi connectivity index (χ0) is 23.1. The number of allylic oxidation sites excluding steroid dienone is 1. The summed E-state index contributed by atoms with van der Waals surface area (Å²) in [5, 5.41) is 23.2. The summed E-state index contributed by atoms with van der Waals surface area (Å²) in [4.78, 5) is 22.1. The van der Waals surface area contributed by atoms with E-state index in [1.54, 1.807) is 47.6 Å². The van der Waals surface area contributed by atoms with Gasteiger partial charge < -0.3 is 15.7 Å². The maximum absolute atomic E-state index is 12.1. The van der Waals surface area contributed by atoms with Gasteiger partial charge in [-0.05, 0) is 54.4 Å². The molecular formula is C23H25N5O2S2. The van der Waals surface area contributed by atoms with Crippen LogP contribution in [0.2, 0.25) is 0 Å². The van der Waals surface area contributed by atoms with Gasteiger partial charge >= 0.3 is 0 Å². The second-order valence-corrected chi connectivity index (χ2v) is 10.0. The Labute approximate surface area is 196 Å². The highest BCUT2D eigenvalue weighted by Gasteiger charge is 2.39. The molecule has 0 unspecified atom stereocenters. The summed E-state index contributed by atoms with van der Waals surface area (Å²) < 4.78 is -0.433. The number of amides is 1. The molecular weight excluding hydrogens is 442 g/mol. The van der Waals surface area contributed by atoms with E-state index in [-0.39, 0.29) is 13.2 Å². The second-order valence-electron chi connectivity index (χ2n) is 7.35. The maximum atomic E-state index is 12.1. The summed E-state index contributed by atoms with van der Waals surface area (Å²) in [7, 11) is 0. The third-order valence-electron chi connectivity index (χ3n) is 5.24. The molecule has 0 saturated carbocycles. The molecule has 0 bridgehead atoms. The molecule has 0 fully saturated rings. The highest BCUT2D eigenvalue weighted by Crippen LogP contribution is 2.54. The number of anilines is 1. The van der Waals surface area contributed by atoms with E-state index in [4.69, 9.17) is 5.73 Å². The molecule has 7 nitrogen and oxygen atoms in total. The fourth-order valence-electron chi connectivity index (χ4n) is 3.64. The number of carbonyl (C=O) groups is 1. The van der Waals surface area contributed by atoms with Gasteiger partial charge in [-0.2, -0.15) is 5.26 Å². The van der Waals surface area contributed by atoms with Crippen LogP contribution in [0.5, 0.6) is 0 Å². The minimum atomic E-state index is -0.433. The van der Waals surface area contributed by atoms with Gasteiger partial charge in [-0.15, -0.1) is 23.5 Å². The average Bonchev–Trinajstić information content (AvgIpc) is 3.25. The minimum absolute atomic E-state index is 0.0454. The number of aromatic nitrogens is 2. The van der Waals surface area contributed by atoms with Gasteiger partial charge in [0.05, 0.1) is 22.3 Å². The normalized spacial score (nSPS) is 15.2. The average molecular weight is 468 g/mol. The molecule has 32 heavy (non-hydrogen) atoms. The van der Waals surface area contributed by atoms with Gasteiger partial charge in [0.1, 0.15) is 11.6 Å². The van der Waals surface area contributed by atoms with Crippen molar-refractivity contribution in [2.75, 3.05) is 12.3 Å². The van der Waals surface area contributed by atoms with Crippen LogP contribution in [0.4, 0.5) is 5.82 Å². The number of hydrogen-bond acceptors (Lipinski definition) is 8. The molecule has 3 N–H and O–H groups in total. The van der Waals surface area contributed by atoms with Crippen LogP contribution in [0.1, 0.15) is 35.9 Å².